The quantitative estimate of drug-likeness (QED) is 0.295. The van der Waals surface area contributed by atoms with Gasteiger partial charge in [0, 0.05) is 5.56 Å². The van der Waals surface area contributed by atoms with Gasteiger partial charge in [-0.1, -0.05) is 65.9 Å². The van der Waals surface area contributed by atoms with E-state index < -0.39 is 18.6 Å². The Morgan fingerprint density at radius 1 is 1.02 bits per heavy atom. The molecule has 0 radical (unpaired) electrons. The molecule has 0 saturated heterocycles. The molecule has 5 rings (SSSR count). The van der Waals surface area contributed by atoms with E-state index in [4.69, 9.17) is 14.5 Å². The van der Waals surface area contributed by atoms with E-state index in [1.54, 1.807) is 56.5 Å². The van der Waals surface area contributed by atoms with Gasteiger partial charge in [-0.3, -0.25) is 9.36 Å². The van der Waals surface area contributed by atoms with Crippen LogP contribution in [0.15, 0.2) is 94.2 Å². The number of halogens is 2. The first-order valence-electron chi connectivity index (χ1n) is 12.4. The molecule has 0 fully saturated rings. The van der Waals surface area contributed by atoms with Crippen LogP contribution in [0.25, 0.3) is 11.8 Å². The number of thiazole rings is 1. The van der Waals surface area contributed by atoms with Gasteiger partial charge in [0.1, 0.15) is 11.5 Å². The highest BCUT2D eigenvalue weighted by Gasteiger charge is 2.35. The van der Waals surface area contributed by atoms with Crippen molar-refractivity contribution in [1.82, 2.24) is 4.57 Å². The Hall–Kier alpha value is -4.57. The molecule has 2 heterocycles. The van der Waals surface area contributed by atoms with Gasteiger partial charge in [0.25, 0.3) is 5.56 Å². The predicted molar refractivity (Wildman–Crippen MR) is 147 cm³/mol. The number of hydrogen-bond acceptors (Lipinski definition) is 7. The Morgan fingerprint density at radius 3 is 2.33 bits per heavy atom. The summed E-state index contributed by atoms with van der Waals surface area (Å²) < 4.78 is 42.1. The molecule has 1 aromatic heterocycles. The Kier molecular flexibility index (Phi) is 7.88. The number of methoxy groups -OCH3 is 1. The van der Waals surface area contributed by atoms with E-state index >= 15 is 0 Å². The molecule has 40 heavy (non-hydrogen) atoms. The minimum Gasteiger partial charge on any atom is -0.497 e. The summed E-state index contributed by atoms with van der Waals surface area (Å²) in [5.74, 6) is 0.0647. The second kappa shape index (κ2) is 11.7. The van der Waals surface area contributed by atoms with Crippen LogP contribution in [-0.4, -0.2) is 30.9 Å². The molecule has 1 aliphatic rings. The number of ether oxygens (including phenoxy) is 3. The molecular weight excluding hydrogens is 538 g/mol. The summed E-state index contributed by atoms with van der Waals surface area (Å²) in [5.41, 5.74) is 2.30. The van der Waals surface area contributed by atoms with Crippen LogP contribution in [-0.2, 0) is 9.53 Å². The number of alkyl halides is 2. The van der Waals surface area contributed by atoms with E-state index in [0.717, 1.165) is 0 Å². The van der Waals surface area contributed by atoms with Crippen LogP contribution >= 0.6 is 11.3 Å². The summed E-state index contributed by atoms with van der Waals surface area (Å²) >= 11 is 1.17. The Bertz CT molecular complexity index is 1730. The number of benzene rings is 3. The van der Waals surface area contributed by atoms with Crippen molar-refractivity contribution in [3.8, 4) is 11.5 Å². The fourth-order valence-electron chi connectivity index (χ4n) is 4.44. The molecule has 7 nitrogen and oxygen atoms in total. The van der Waals surface area contributed by atoms with Crippen molar-refractivity contribution in [1.29, 1.82) is 0 Å². The van der Waals surface area contributed by atoms with Crippen molar-refractivity contribution in [2.75, 3.05) is 13.7 Å². The zero-order valence-electron chi connectivity index (χ0n) is 21.5. The van der Waals surface area contributed by atoms with Crippen LogP contribution in [0.1, 0.15) is 29.7 Å². The third kappa shape index (κ3) is 5.43. The second-order valence-electron chi connectivity index (χ2n) is 8.65. The lowest BCUT2D eigenvalue weighted by Gasteiger charge is -2.26. The van der Waals surface area contributed by atoms with Gasteiger partial charge >= 0.3 is 12.6 Å². The van der Waals surface area contributed by atoms with E-state index in [1.165, 1.54) is 28.0 Å². The van der Waals surface area contributed by atoms with Gasteiger partial charge < -0.3 is 14.2 Å². The first kappa shape index (κ1) is 27.0. The lowest BCUT2D eigenvalue weighted by molar-refractivity contribution is -0.138. The molecule has 0 amide bonds. The van der Waals surface area contributed by atoms with Crippen LogP contribution in [0.2, 0.25) is 0 Å². The summed E-state index contributed by atoms with van der Waals surface area (Å²) in [6, 6.07) is 21.5. The highest BCUT2D eigenvalue weighted by atomic mass is 32.1. The van der Waals surface area contributed by atoms with Crippen LogP contribution in [0, 0.1) is 0 Å². The molecule has 0 bridgehead atoms. The molecule has 1 atom stereocenters. The van der Waals surface area contributed by atoms with Gasteiger partial charge in [-0.25, -0.2) is 9.79 Å². The molecular formula is C30H24F2N2O5S. The summed E-state index contributed by atoms with van der Waals surface area (Å²) in [5, 5.41) is 0. The fourth-order valence-corrected chi connectivity index (χ4v) is 5.44. The normalized spacial score (nSPS) is 15.0. The molecule has 0 aliphatic carbocycles. The van der Waals surface area contributed by atoms with Gasteiger partial charge in [-0.15, -0.1) is 0 Å². The Morgan fingerprint density at radius 2 is 1.70 bits per heavy atom. The maximum Gasteiger partial charge on any atom is 0.387 e. The molecule has 0 spiro atoms. The zero-order valence-corrected chi connectivity index (χ0v) is 22.4. The minimum atomic E-state index is -2.93. The van der Waals surface area contributed by atoms with E-state index in [-0.39, 0.29) is 23.5 Å². The molecule has 204 valence electrons. The van der Waals surface area contributed by atoms with Crippen LogP contribution in [0.5, 0.6) is 11.5 Å². The third-order valence-corrected chi connectivity index (χ3v) is 7.19. The zero-order chi connectivity index (χ0) is 28.2. The van der Waals surface area contributed by atoms with Crippen LogP contribution < -0.4 is 24.4 Å². The standard InChI is InChI=1S/C30H24F2N2O5S/c1-3-38-28(36)24-25(19-7-5-4-6-8-19)33-30-34(26(24)20-11-15-21(37-2)16-12-20)27(35)23(40-30)17-18-9-13-22(14-10-18)39-29(31)32/h4-17,26,29H,3H2,1-2H3/b23-17+/t26-/m1/s1. The van der Waals surface area contributed by atoms with Gasteiger partial charge in [0.2, 0.25) is 0 Å². The topological polar surface area (TPSA) is 79.1 Å². The van der Waals surface area contributed by atoms with Crippen molar-refractivity contribution in [2.45, 2.75) is 19.6 Å². The number of hydrogen-bond donors (Lipinski definition) is 0. The molecule has 3 aromatic carbocycles. The Labute approximate surface area is 231 Å². The average molecular weight is 563 g/mol. The van der Waals surface area contributed by atoms with Crippen molar-refractivity contribution in [3.05, 3.63) is 121 Å². The van der Waals surface area contributed by atoms with Crippen molar-refractivity contribution >= 4 is 29.1 Å². The Balaban J connectivity index is 1.74. The number of nitrogens with zero attached hydrogens (tertiary/aromatic N) is 2. The second-order valence-corrected chi connectivity index (χ2v) is 9.66. The first-order chi connectivity index (χ1) is 19.4. The summed E-state index contributed by atoms with van der Waals surface area (Å²) in [7, 11) is 1.56. The number of carbonyl (C=O) groups is 1. The predicted octanol–water partition coefficient (Wildman–Crippen LogP) is 4.55. The number of carbonyl (C=O) groups excluding carboxylic acids is 1. The summed E-state index contributed by atoms with van der Waals surface area (Å²) in [4.78, 5) is 32.5. The van der Waals surface area contributed by atoms with E-state index in [2.05, 4.69) is 4.74 Å². The van der Waals surface area contributed by atoms with E-state index in [0.29, 0.717) is 37.5 Å². The maximum atomic E-state index is 13.9. The molecule has 1 aliphatic heterocycles. The SMILES string of the molecule is CCOC(=O)C1=C(c2ccccc2)N=c2s/c(=C/c3ccc(OC(F)F)cc3)c(=O)n2[C@@H]1c1ccc(OC)cc1. The first-order valence-corrected chi connectivity index (χ1v) is 13.2. The van der Waals surface area contributed by atoms with Crippen LogP contribution in [0.3, 0.4) is 0 Å². The third-order valence-electron chi connectivity index (χ3n) is 6.21. The van der Waals surface area contributed by atoms with Crippen molar-refractivity contribution in [3.63, 3.8) is 0 Å². The van der Waals surface area contributed by atoms with Crippen molar-refractivity contribution < 1.29 is 27.8 Å². The number of aromatic nitrogens is 1. The average Bonchev–Trinajstić information content (AvgIpc) is 3.27. The molecule has 0 saturated carbocycles. The van der Waals surface area contributed by atoms with Crippen molar-refractivity contribution in [2.24, 2.45) is 4.99 Å². The number of fused-ring (bicyclic) bond motifs is 1. The van der Waals surface area contributed by atoms with Gasteiger partial charge in [-0.05, 0) is 48.4 Å². The molecule has 0 N–H and O–H groups in total. The van der Waals surface area contributed by atoms with Gasteiger partial charge in [0.05, 0.1) is 35.6 Å². The molecule has 0 unspecified atom stereocenters. The highest BCUT2D eigenvalue weighted by Crippen LogP contribution is 2.35. The number of esters is 1. The smallest absolute Gasteiger partial charge is 0.387 e. The van der Waals surface area contributed by atoms with Gasteiger partial charge in [-0.2, -0.15) is 8.78 Å². The molecule has 4 aromatic rings. The van der Waals surface area contributed by atoms with E-state index in [1.807, 2.05) is 30.3 Å². The van der Waals surface area contributed by atoms with E-state index in [9.17, 15) is 18.4 Å². The monoisotopic (exact) mass is 562 g/mol. The maximum absolute atomic E-state index is 13.9. The lowest BCUT2D eigenvalue weighted by Crippen LogP contribution is -2.40. The fraction of sp³-hybridized carbons (Fsp3) is 0.167. The summed E-state index contributed by atoms with van der Waals surface area (Å²) in [6.07, 6.45) is 1.65. The largest absolute Gasteiger partial charge is 0.497 e. The van der Waals surface area contributed by atoms with Gasteiger partial charge in [0.15, 0.2) is 4.80 Å². The summed E-state index contributed by atoms with van der Waals surface area (Å²) in [6.45, 7) is -1.06. The number of rotatable bonds is 8. The van der Waals surface area contributed by atoms with Crippen LogP contribution in [0.4, 0.5) is 8.78 Å². The lowest BCUT2D eigenvalue weighted by atomic mass is 9.93. The highest BCUT2D eigenvalue weighted by molar-refractivity contribution is 7.07. The molecule has 10 heteroatoms. The minimum absolute atomic E-state index is 0.0136.